The van der Waals surface area contributed by atoms with Gasteiger partial charge in [0.15, 0.2) is 11.3 Å². The largest absolute Gasteiger partial charge is 0.477 e. The van der Waals surface area contributed by atoms with Crippen LogP contribution in [0.25, 0.3) is 16.6 Å². The van der Waals surface area contributed by atoms with Crippen LogP contribution in [-0.2, 0) is 9.59 Å². The number of carbonyl (C=O) groups is 2. The van der Waals surface area contributed by atoms with Crippen molar-refractivity contribution in [3.8, 4) is 11.4 Å². The van der Waals surface area contributed by atoms with Crippen LogP contribution >= 0.6 is 11.8 Å². The molecule has 2 N–H and O–H groups in total. The molecular formula is C25H19FN4O4S. The van der Waals surface area contributed by atoms with Gasteiger partial charge in [-0.3, -0.25) is 19.0 Å². The number of hydrogen-bond donors (Lipinski definition) is 1. The van der Waals surface area contributed by atoms with Gasteiger partial charge in [-0.2, -0.15) is 0 Å². The smallest absolute Gasteiger partial charge is 0.266 e. The summed E-state index contributed by atoms with van der Waals surface area (Å²) >= 11 is 1.00. The van der Waals surface area contributed by atoms with Crippen molar-refractivity contribution in [2.24, 2.45) is 5.73 Å². The van der Waals surface area contributed by atoms with Gasteiger partial charge in [-0.05, 0) is 36.4 Å². The third-order valence-corrected chi connectivity index (χ3v) is 6.48. The molecule has 35 heavy (non-hydrogen) atoms. The van der Waals surface area contributed by atoms with E-state index in [0.29, 0.717) is 22.3 Å². The first kappa shape index (κ1) is 22.6. The number of carbonyl (C=O) groups excluding carboxylic acids is 2. The number of nitrogens with two attached hydrogens (primary N) is 1. The van der Waals surface area contributed by atoms with Crippen LogP contribution in [0.15, 0.2) is 82.7 Å². The number of nitrogens with zero attached hydrogens (tertiary/aromatic N) is 3. The van der Waals surface area contributed by atoms with Crippen LogP contribution in [0.3, 0.4) is 0 Å². The normalized spacial score (nSPS) is 14.9. The second kappa shape index (κ2) is 9.22. The van der Waals surface area contributed by atoms with Crippen molar-refractivity contribution in [2.75, 3.05) is 17.2 Å². The van der Waals surface area contributed by atoms with Gasteiger partial charge in [0.1, 0.15) is 11.6 Å². The Labute approximate surface area is 203 Å². The van der Waals surface area contributed by atoms with Crippen molar-refractivity contribution in [3.05, 3.63) is 89.0 Å². The fraction of sp³-hybridized carbons (Fsp3) is 0.120. The van der Waals surface area contributed by atoms with E-state index in [4.69, 9.17) is 10.5 Å². The van der Waals surface area contributed by atoms with Crippen molar-refractivity contribution in [2.45, 2.75) is 11.3 Å². The Morgan fingerprint density at radius 3 is 2.49 bits per heavy atom. The van der Waals surface area contributed by atoms with Gasteiger partial charge >= 0.3 is 0 Å². The Hall–Kier alpha value is -4.18. The Bertz CT molecular complexity index is 1520. The number of aromatic nitrogens is 2. The summed E-state index contributed by atoms with van der Waals surface area (Å²) in [4.78, 5) is 44.3. The standard InChI is InChI=1S/C25H19FN4O4S/c26-16-8-2-4-10-18(16)30-24(33)15-7-1-3-9-17(15)28-25(30)35-14-22(31)29-13-21(23(27)32)34-20-12-6-5-11-19(20)29/h1-12,21H,13-14H2,(H2,27,32)/t21-/m1/s1. The van der Waals surface area contributed by atoms with Crippen LogP contribution in [0.2, 0.25) is 0 Å². The summed E-state index contributed by atoms with van der Waals surface area (Å²) in [5, 5.41) is 0.498. The number of rotatable bonds is 5. The van der Waals surface area contributed by atoms with Gasteiger partial charge in [0.05, 0.1) is 34.6 Å². The molecule has 0 saturated heterocycles. The first-order valence-electron chi connectivity index (χ1n) is 10.7. The molecule has 10 heteroatoms. The summed E-state index contributed by atoms with van der Waals surface area (Å²) in [6, 6.07) is 19.5. The number of hydrogen-bond acceptors (Lipinski definition) is 6. The number of amides is 2. The monoisotopic (exact) mass is 490 g/mol. The summed E-state index contributed by atoms with van der Waals surface area (Å²) in [5.41, 5.74) is 5.97. The SMILES string of the molecule is NC(=O)[C@H]1CN(C(=O)CSc2nc3ccccc3c(=O)n2-c2ccccc2F)c2ccccc2O1. The van der Waals surface area contributed by atoms with E-state index in [2.05, 4.69) is 4.98 Å². The molecule has 5 rings (SSSR count). The van der Waals surface area contributed by atoms with Crippen LogP contribution in [0.1, 0.15) is 0 Å². The van der Waals surface area contributed by atoms with Crippen LogP contribution < -0.4 is 20.9 Å². The predicted octanol–water partition coefficient (Wildman–Crippen LogP) is 2.90. The number of ether oxygens (including phenoxy) is 1. The maximum absolute atomic E-state index is 14.7. The van der Waals surface area contributed by atoms with Crippen molar-refractivity contribution < 1.29 is 18.7 Å². The van der Waals surface area contributed by atoms with Crippen LogP contribution in [0.5, 0.6) is 5.75 Å². The van der Waals surface area contributed by atoms with Crippen LogP contribution in [0.4, 0.5) is 10.1 Å². The summed E-state index contributed by atoms with van der Waals surface area (Å²) in [6.45, 7) is -0.0446. The second-order valence-electron chi connectivity index (χ2n) is 7.77. The van der Waals surface area contributed by atoms with Gasteiger partial charge < -0.3 is 15.4 Å². The Balaban J connectivity index is 1.51. The molecule has 0 bridgehead atoms. The van der Waals surface area contributed by atoms with Gasteiger partial charge in [-0.1, -0.05) is 48.2 Å². The second-order valence-corrected chi connectivity index (χ2v) is 8.72. The molecule has 176 valence electrons. The minimum absolute atomic E-state index is 0.0382. The first-order valence-corrected chi connectivity index (χ1v) is 11.7. The van der Waals surface area contributed by atoms with Crippen LogP contribution in [0, 0.1) is 5.82 Å². The predicted molar refractivity (Wildman–Crippen MR) is 130 cm³/mol. The molecule has 1 aliphatic rings. The van der Waals surface area contributed by atoms with E-state index >= 15 is 0 Å². The molecular weight excluding hydrogens is 471 g/mol. The molecule has 1 atom stereocenters. The van der Waals surface area contributed by atoms with Gasteiger partial charge in [-0.15, -0.1) is 0 Å². The number of primary amides is 1. The first-order chi connectivity index (χ1) is 16.9. The van der Waals surface area contributed by atoms with Crippen LogP contribution in [-0.4, -0.2) is 39.8 Å². The molecule has 0 saturated carbocycles. The molecule has 4 aromatic rings. The molecule has 0 spiro atoms. The maximum Gasteiger partial charge on any atom is 0.266 e. The minimum atomic E-state index is -0.991. The Morgan fingerprint density at radius 2 is 1.71 bits per heavy atom. The maximum atomic E-state index is 14.7. The van der Waals surface area contributed by atoms with Crippen molar-refractivity contribution in [1.82, 2.24) is 9.55 Å². The fourth-order valence-corrected chi connectivity index (χ4v) is 4.76. The van der Waals surface area contributed by atoms with E-state index in [1.165, 1.54) is 27.7 Å². The number of anilines is 1. The van der Waals surface area contributed by atoms with Gasteiger partial charge in [0, 0.05) is 0 Å². The van der Waals surface area contributed by atoms with E-state index in [1.807, 2.05) is 0 Å². The average molecular weight is 491 g/mol. The van der Waals surface area contributed by atoms with Crippen molar-refractivity contribution in [3.63, 3.8) is 0 Å². The summed E-state index contributed by atoms with van der Waals surface area (Å²) in [6.07, 6.45) is -0.991. The molecule has 0 unspecified atom stereocenters. The van der Waals surface area contributed by atoms with Gasteiger partial charge in [0.2, 0.25) is 5.91 Å². The average Bonchev–Trinajstić information content (AvgIpc) is 2.87. The number of fused-ring (bicyclic) bond motifs is 2. The van der Waals surface area contributed by atoms with E-state index in [0.717, 1.165) is 11.8 Å². The quantitative estimate of drug-likeness (QED) is 0.341. The zero-order valence-electron chi connectivity index (χ0n) is 18.3. The number of benzene rings is 3. The lowest BCUT2D eigenvalue weighted by molar-refractivity contribution is -0.125. The minimum Gasteiger partial charge on any atom is -0.477 e. The Kier molecular flexibility index (Phi) is 5.96. The lowest BCUT2D eigenvalue weighted by Gasteiger charge is -2.33. The molecule has 0 aliphatic carbocycles. The molecule has 0 radical (unpaired) electrons. The van der Waals surface area contributed by atoms with Gasteiger partial charge in [0.25, 0.3) is 11.5 Å². The number of thioether (sulfide) groups is 1. The Morgan fingerprint density at radius 1 is 1.03 bits per heavy atom. The molecule has 3 aromatic carbocycles. The third kappa shape index (κ3) is 4.24. The van der Waals surface area contributed by atoms with E-state index in [1.54, 1.807) is 54.6 Å². The van der Waals surface area contributed by atoms with Crippen molar-refractivity contribution in [1.29, 1.82) is 0 Å². The van der Waals surface area contributed by atoms with E-state index in [-0.39, 0.29) is 29.0 Å². The highest BCUT2D eigenvalue weighted by atomic mass is 32.2. The highest BCUT2D eigenvalue weighted by molar-refractivity contribution is 7.99. The van der Waals surface area contributed by atoms with E-state index in [9.17, 15) is 18.8 Å². The lowest BCUT2D eigenvalue weighted by atomic mass is 10.2. The summed E-state index contributed by atoms with van der Waals surface area (Å²) in [5.74, 6) is -1.38. The molecule has 0 fully saturated rings. The highest BCUT2D eigenvalue weighted by Crippen LogP contribution is 2.34. The number of para-hydroxylation sites is 4. The lowest BCUT2D eigenvalue weighted by Crippen LogP contribution is -2.49. The third-order valence-electron chi connectivity index (χ3n) is 5.56. The number of halogens is 1. The molecule has 2 heterocycles. The topological polar surface area (TPSA) is 108 Å². The van der Waals surface area contributed by atoms with Crippen molar-refractivity contribution >= 4 is 40.2 Å². The molecule has 2 amide bonds. The van der Waals surface area contributed by atoms with Gasteiger partial charge in [-0.25, -0.2) is 9.37 Å². The fourth-order valence-electron chi connectivity index (χ4n) is 3.88. The zero-order valence-corrected chi connectivity index (χ0v) is 19.1. The summed E-state index contributed by atoms with van der Waals surface area (Å²) in [7, 11) is 0. The van der Waals surface area contributed by atoms with E-state index < -0.39 is 23.4 Å². The summed E-state index contributed by atoms with van der Waals surface area (Å²) < 4.78 is 21.5. The molecule has 1 aliphatic heterocycles. The molecule has 8 nitrogen and oxygen atoms in total. The molecule has 1 aromatic heterocycles. The highest BCUT2D eigenvalue weighted by Gasteiger charge is 2.32. The zero-order chi connectivity index (χ0) is 24.5.